The molecule has 0 radical (unpaired) electrons. The Labute approximate surface area is 216 Å². The molecule has 0 bridgehead atoms. The van der Waals surface area contributed by atoms with Crippen LogP contribution in [0.3, 0.4) is 0 Å². The lowest BCUT2D eigenvalue weighted by Gasteiger charge is -2.37. The van der Waals surface area contributed by atoms with Crippen LogP contribution in [-0.2, 0) is 23.0 Å². The summed E-state index contributed by atoms with van der Waals surface area (Å²) in [4.78, 5) is 4.66. The average molecular weight is 525 g/mol. The first-order chi connectivity index (χ1) is 17.9. The minimum atomic E-state index is -3.84. The van der Waals surface area contributed by atoms with E-state index >= 15 is 0 Å². The van der Waals surface area contributed by atoms with Crippen LogP contribution >= 0.6 is 0 Å². The van der Waals surface area contributed by atoms with E-state index in [1.807, 2.05) is 48.5 Å². The highest BCUT2D eigenvalue weighted by molar-refractivity contribution is 7.89. The molecule has 9 nitrogen and oxygen atoms in total. The van der Waals surface area contributed by atoms with Crippen molar-refractivity contribution in [3.63, 3.8) is 0 Å². The quantitative estimate of drug-likeness (QED) is 0.214. The fourth-order valence-electron chi connectivity index (χ4n) is 4.66. The zero-order valence-corrected chi connectivity index (χ0v) is 21.3. The van der Waals surface area contributed by atoms with E-state index in [1.54, 1.807) is 12.1 Å². The maximum Gasteiger partial charge on any atom is 0.240 e. The van der Waals surface area contributed by atoms with Gasteiger partial charge in [-0.15, -0.1) is 0 Å². The number of rotatable bonds is 10. The molecule has 1 aliphatic rings. The normalized spacial score (nSPS) is 17.2. The molecule has 4 N–H and O–H groups in total. The Balaban J connectivity index is 1.21. The number of anilines is 1. The number of nitrogens with two attached hydrogens (primary N) is 1. The minimum Gasteiger partial charge on any atom is -0.399 e. The monoisotopic (exact) mass is 524 g/mol. The van der Waals surface area contributed by atoms with Gasteiger partial charge in [0.05, 0.1) is 17.0 Å². The molecule has 1 saturated heterocycles. The van der Waals surface area contributed by atoms with Gasteiger partial charge in [0.2, 0.25) is 21.2 Å². The number of aliphatic hydroxyl groups is 1. The molecular weight excluding hydrogens is 492 g/mol. The maximum absolute atomic E-state index is 13.1. The molecule has 0 aliphatic carbocycles. The van der Waals surface area contributed by atoms with Crippen molar-refractivity contribution < 1.29 is 22.7 Å². The smallest absolute Gasteiger partial charge is 0.240 e. The van der Waals surface area contributed by atoms with Crippen molar-refractivity contribution >= 4 is 26.9 Å². The van der Waals surface area contributed by atoms with E-state index in [2.05, 4.69) is 14.5 Å². The van der Waals surface area contributed by atoms with E-state index in [1.165, 1.54) is 12.1 Å². The summed E-state index contributed by atoms with van der Waals surface area (Å²) in [5, 5.41) is 11.2. The molecule has 4 aromatic rings. The van der Waals surface area contributed by atoms with E-state index in [9.17, 15) is 13.5 Å². The van der Waals surface area contributed by atoms with Crippen molar-refractivity contribution in [1.29, 1.82) is 0 Å². The number of benzene rings is 3. The first-order valence-corrected chi connectivity index (χ1v) is 13.9. The number of nitrogens with zero attached hydrogens (tertiary/aromatic N) is 2. The number of hydrogen-bond acceptors (Lipinski definition) is 8. The molecule has 5 rings (SSSR count). The summed E-state index contributed by atoms with van der Waals surface area (Å²) in [5.74, 6) is 0. The fraction of sp³-hybridized carbons (Fsp3) is 0.333. The van der Waals surface area contributed by atoms with Gasteiger partial charge in [0, 0.05) is 45.0 Å². The molecule has 1 aliphatic heterocycles. The lowest BCUT2D eigenvalue weighted by molar-refractivity contribution is 0.0540. The second kappa shape index (κ2) is 11.1. The number of fused-ring (bicyclic) bond motifs is 1. The molecule has 0 spiro atoms. The third-order valence-corrected chi connectivity index (χ3v) is 8.31. The van der Waals surface area contributed by atoms with Crippen LogP contribution in [-0.4, -0.2) is 68.2 Å². The zero-order valence-electron chi connectivity index (χ0n) is 20.5. The maximum atomic E-state index is 13.1. The molecular formula is C27H32N4O5S. The lowest BCUT2D eigenvalue weighted by atomic mass is 10.0. The van der Waals surface area contributed by atoms with Gasteiger partial charge >= 0.3 is 0 Å². The summed E-state index contributed by atoms with van der Waals surface area (Å²) in [7, 11) is -3.84. The van der Waals surface area contributed by atoms with E-state index < -0.39 is 22.2 Å². The molecule has 37 heavy (non-hydrogen) atoms. The van der Waals surface area contributed by atoms with Gasteiger partial charge in [0.1, 0.15) is 0 Å². The number of piperazine rings is 1. The molecule has 3 aromatic carbocycles. The predicted molar refractivity (Wildman–Crippen MR) is 141 cm³/mol. The molecule has 1 fully saturated rings. The van der Waals surface area contributed by atoms with Gasteiger partial charge in [0.15, 0.2) is 0 Å². The number of sulfonamides is 1. The van der Waals surface area contributed by atoms with Crippen LogP contribution in [0.15, 0.2) is 86.8 Å². The first kappa shape index (κ1) is 25.5. The van der Waals surface area contributed by atoms with Crippen LogP contribution in [0.5, 0.6) is 0 Å². The number of hydrogen-bond donors (Lipinski definition) is 3. The van der Waals surface area contributed by atoms with Gasteiger partial charge in [-0.3, -0.25) is 19.0 Å². The average Bonchev–Trinajstić information content (AvgIpc) is 2.87. The molecule has 2 atom stereocenters. The van der Waals surface area contributed by atoms with Gasteiger partial charge in [-0.1, -0.05) is 36.4 Å². The van der Waals surface area contributed by atoms with Crippen molar-refractivity contribution in [2.75, 3.05) is 38.5 Å². The van der Waals surface area contributed by atoms with E-state index in [0.29, 0.717) is 18.7 Å². The van der Waals surface area contributed by atoms with Crippen molar-refractivity contribution in [2.24, 2.45) is 0 Å². The topological polar surface area (TPSA) is 125 Å². The van der Waals surface area contributed by atoms with Gasteiger partial charge < -0.3 is 10.8 Å². The summed E-state index contributed by atoms with van der Waals surface area (Å²) in [6.07, 6.45) is -0.513. The van der Waals surface area contributed by atoms with Crippen molar-refractivity contribution in [2.45, 2.75) is 30.0 Å². The minimum absolute atomic E-state index is 0.119. The summed E-state index contributed by atoms with van der Waals surface area (Å²) >= 11 is 0. The highest BCUT2D eigenvalue weighted by Gasteiger charge is 2.29. The number of β-amino-alcohol motifs (C(OH)–C–C–N with tert-alkyl or cyclic N) is 1. The summed E-state index contributed by atoms with van der Waals surface area (Å²) in [6, 6.07) is 20.9. The van der Waals surface area contributed by atoms with Crippen LogP contribution in [0.2, 0.25) is 0 Å². The molecule has 0 unspecified atom stereocenters. The molecule has 10 heteroatoms. The predicted octanol–water partition coefficient (Wildman–Crippen LogP) is 2.68. The van der Waals surface area contributed by atoms with E-state index in [-0.39, 0.29) is 4.90 Å². The molecule has 196 valence electrons. The molecule has 1 aromatic heterocycles. The third kappa shape index (κ3) is 6.41. The molecule has 0 amide bonds. The molecule has 2 heterocycles. The Bertz CT molecular complexity index is 1390. The third-order valence-electron chi connectivity index (χ3n) is 6.81. The Morgan fingerprint density at radius 1 is 0.865 bits per heavy atom. The Kier molecular flexibility index (Phi) is 7.63. The lowest BCUT2D eigenvalue weighted by Crippen LogP contribution is -2.53. The summed E-state index contributed by atoms with van der Waals surface area (Å²) < 4.78 is 38.8. The second-order valence-electron chi connectivity index (χ2n) is 9.58. The van der Waals surface area contributed by atoms with Crippen molar-refractivity contribution in [3.05, 3.63) is 83.9 Å². The second-order valence-corrected chi connectivity index (χ2v) is 11.3. The Hall–Kier alpha value is -3.15. The highest BCUT2D eigenvalue weighted by atomic mass is 32.2. The van der Waals surface area contributed by atoms with Gasteiger partial charge in [-0.2, -0.15) is 0 Å². The summed E-state index contributed by atoms with van der Waals surface area (Å²) in [6.45, 7) is 4.45. The van der Waals surface area contributed by atoms with Gasteiger partial charge in [0.25, 0.3) is 0 Å². The van der Waals surface area contributed by atoms with Crippen LogP contribution in [0.1, 0.15) is 11.1 Å². The van der Waals surface area contributed by atoms with Crippen molar-refractivity contribution in [3.8, 4) is 0 Å². The van der Waals surface area contributed by atoms with Crippen LogP contribution in [0.4, 0.5) is 5.69 Å². The largest absolute Gasteiger partial charge is 0.399 e. The van der Waals surface area contributed by atoms with E-state index in [4.69, 9.17) is 14.9 Å². The SMILES string of the molecule is Nc1ccc(S(=O)(=O)N[C@@H](Cc2ccccc2)[C@H](O)CN2CCN(Cc3ccc4ooc4c3)CC2)cc1. The van der Waals surface area contributed by atoms with E-state index in [0.717, 1.165) is 55.0 Å². The molecule has 0 saturated carbocycles. The number of nitrogen functional groups attached to an aromatic ring is 1. The first-order valence-electron chi connectivity index (χ1n) is 12.4. The van der Waals surface area contributed by atoms with Crippen LogP contribution < -0.4 is 10.5 Å². The van der Waals surface area contributed by atoms with Crippen LogP contribution in [0, 0.1) is 0 Å². The van der Waals surface area contributed by atoms with Crippen molar-refractivity contribution in [1.82, 2.24) is 14.5 Å². The van der Waals surface area contributed by atoms with Crippen LogP contribution in [0.25, 0.3) is 11.2 Å². The Morgan fingerprint density at radius 3 is 2.19 bits per heavy atom. The summed E-state index contributed by atoms with van der Waals surface area (Å²) in [5.41, 5.74) is 9.85. The standard InChI is InChI=1S/C27H32N4O5S/c28-22-7-9-23(10-8-22)37(33,34)29-24(16-20-4-2-1-3-5-20)25(32)19-31-14-12-30(13-15-31)18-21-6-11-26-27(17-21)36-35-26/h1-11,17,24-25,29,32H,12-16,18-19,28H2/t24-,25+/m0/s1. The number of nitrogens with one attached hydrogen (secondary N) is 1. The highest BCUT2D eigenvalue weighted by Crippen LogP contribution is 2.21. The fourth-order valence-corrected chi connectivity index (χ4v) is 5.93. The Morgan fingerprint density at radius 2 is 1.54 bits per heavy atom. The zero-order chi connectivity index (χ0) is 25.8. The van der Waals surface area contributed by atoms with Gasteiger partial charge in [-0.25, -0.2) is 13.1 Å². The number of aliphatic hydroxyl groups excluding tert-OH is 1. The van der Waals surface area contributed by atoms with Gasteiger partial charge in [-0.05, 0) is 53.9 Å².